The van der Waals surface area contributed by atoms with Crippen LogP contribution in [0, 0.1) is 0 Å². The van der Waals surface area contributed by atoms with Gasteiger partial charge in [0.2, 0.25) is 0 Å². The van der Waals surface area contributed by atoms with Gasteiger partial charge in [-0.15, -0.1) is 0 Å². The van der Waals surface area contributed by atoms with Crippen LogP contribution in [0.2, 0.25) is 0 Å². The van der Waals surface area contributed by atoms with Crippen molar-refractivity contribution in [3.63, 3.8) is 0 Å². The third-order valence-electron chi connectivity index (χ3n) is 9.83. The molecule has 0 fully saturated rings. The van der Waals surface area contributed by atoms with E-state index in [9.17, 15) is 19.0 Å². The molecule has 338 valence electrons. The minimum absolute atomic E-state index is 0.0237. The molecule has 0 rings (SSSR count). The van der Waals surface area contributed by atoms with Crippen LogP contribution in [0.5, 0.6) is 0 Å². The number of unbranched alkanes of at least 4 members (excludes halogenated alkanes) is 20. The van der Waals surface area contributed by atoms with Crippen molar-refractivity contribution in [1.29, 1.82) is 0 Å². The fourth-order valence-electron chi connectivity index (χ4n) is 6.13. The van der Waals surface area contributed by atoms with Gasteiger partial charge in [-0.3, -0.25) is 18.6 Å². The fourth-order valence-corrected chi connectivity index (χ4v) is 6.87. The van der Waals surface area contributed by atoms with Gasteiger partial charge in [0.25, 0.3) is 0 Å². The molecular weight excluding hydrogens is 750 g/mol. The van der Waals surface area contributed by atoms with Crippen molar-refractivity contribution < 1.29 is 42.1 Å². The average molecular weight is 839 g/mol. The van der Waals surface area contributed by atoms with E-state index >= 15 is 0 Å². The molecule has 58 heavy (non-hydrogen) atoms. The second-order valence-electron chi connectivity index (χ2n) is 16.8. The van der Waals surface area contributed by atoms with Crippen LogP contribution >= 0.6 is 7.82 Å². The Labute approximate surface area is 356 Å². The monoisotopic (exact) mass is 839 g/mol. The Morgan fingerprint density at radius 2 is 0.931 bits per heavy atom. The number of allylic oxidation sites excluding steroid dienone is 8. The zero-order valence-corrected chi connectivity index (χ0v) is 38.9. The molecule has 0 aliphatic rings. The first-order valence-corrected chi connectivity index (χ1v) is 24.9. The lowest BCUT2D eigenvalue weighted by atomic mass is 10.1. The number of likely N-dealkylation sites (N-methyl/N-ethyl adjacent to an activating group) is 1. The number of rotatable bonds is 42. The Bertz CT molecular complexity index is 1130. The summed E-state index contributed by atoms with van der Waals surface area (Å²) in [6.07, 6.45) is 47.3. The average Bonchev–Trinajstić information content (AvgIpc) is 3.17. The number of carbonyl (C=O) groups is 2. The number of esters is 2. The summed E-state index contributed by atoms with van der Waals surface area (Å²) in [5, 5.41) is 0. The number of phosphoric ester groups is 1. The normalized spacial score (nSPS) is 14.0. The van der Waals surface area contributed by atoms with Gasteiger partial charge in [0.05, 0.1) is 27.7 Å². The number of carbonyl (C=O) groups excluding carboxylic acids is 2. The van der Waals surface area contributed by atoms with Crippen LogP contribution in [0.4, 0.5) is 0 Å². The Morgan fingerprint density at radius 3 is 1.47 bits per heavy atom. The number of quaternary nitrogens is 1. The first-order chi connectivity index (χ1) is 28.0. The Balaban J connectivity index is 4.38. The lowest BCUT2D eigenvalue weighted by molar-refractivity contribution is -0.870. The lowest BCUT2D eigenvalue weighted by Crippen LogP contribution is -2.37. The second kappa shape index (κ2) is 40.4. The molecule has 0 spiro atoms. The summed E-state index contributed by atoms with van der Waals surface area (Å²) in [5.74, 6) is -0.848. The first-order valence-electron chi connectivity index (χ1n) is 23.4. The Kier molecular flexibility index (Phi) is 39.0. The summed E-state index contributed by atoms with van der Waals surface area (Å²) in [5.41, 5.74) is 0. The Morgan fingerprint density at radius 1 is 0.534 bits per heavy atom. The predicted octanol–water partition coefficient (Wildman–Crippen LogP) is 13.5. The van der Waals surface area contributed by atoms with Gasteiger partial charge in [0.15, 0.2) is 6.10 Å². The summed E-state index contributed by atoms with van der Waals surface area (Å²) >= 11 is 0. The first kappa shape index (κ1) is 56.0. The van der Waals surface area contributed by atoms with Gasteiger partial charge in [-0.25, -0.2) is 4.57 Å². The van der Waals surface area contributed by atoms with Gasteiger partial charge < -0.3 is 18.9 Å². The van der Waals surface area contributed by atoms with E-state index in [0.717, 1.165) is 57.8 Å². The van der Waals surface area contributed by atoms with Crippen LogP contribution in [0.15, 0.2) is 48.6 Å². The van der Waals surface area contributed by atoms with E-state index in [0.29, 0.717) is 23.9 Å². The molecule has 1 N–H and O–H groups in total. The molecule has 0 saturated heterocycles. The lowest BCUT2D eigenvalue weighted by Gasteiger charge is -2.24. The molecule has 0 aromatic rings. The number of hydrogen-bond donors (Lipinski definition) is 1. The molecule has 0 aromatic heterocycles. The highest BCUT2D eigenvalue weighted by molar-refractivity contribution is 7.47. The number of hydrogen-bond acceptors (Lipinski definition) is 7. The van der Waals surface area contributed by atoms with Gasteiger partial charge >= 0.3 is 19.8 Å². The molecule has 1 unspecified atom stereocenters. The maximum atomic E-state index is 12.7. The standard InChI is InChI=1S/C48H88NO8P/c1-6-8-10-12-14-16-18-20-22-23-24-25-27-29-31-33-35-37-39-41-48(51)57-46(45-56-58(52,53)55-43-42-49(3,4)5)44-54-47(50)40-38-36-34-32-30-28-26-21-19-17-15-13-11-9-7-2/h15,17,21,23-24,26,30,32,46H,6-14,16,18-20,22,25,27-29,31,33-45H2,1-5H3/p+1/b17-15-,24-23-,26-21-,32-30-/t46-/m1/s1. The number of nitrogens with zero attached hydrogens (tertiary/aromatic N) is 1. The second-order valence-corrected chi connectivity index (χ2v) is 18.2. The molecule has 0 amide bonds. The molecule has 2 atom stereocenters. The van der Waals surface area contributed by atoms with E-state index in [1.807, 2.05) is 21.1 Å². The van der Waals surface area contributed by atoms with Crippen molar-refractivity contribution >= 4 is 19.8 Å². The van der Waals surface area contributed by atoms with Crippen LogP contribution < -0.4 is 0 Å². The van der Waals surface area contributed by atoms with Crippen LogP contribution in [0.3, 0.4) is 0 Å². The molecule has 0 aliphatic carbocycles. The highest BCUT2D eigenvalue weighted by Crippen LogP contribution is 2.43. The molecule has 0 heterocycles. The topological polar surface area (TPSA) is 108 Å². The zero-order chi connectivity index (χ0) is 42.8. The molecular formula is C48H89NO8P+. The zero-order valence-electron chi connectivity index (χ0n) is 38.0. The van der Waals surface area contributed by atoms with Crippen LogP contribution in [-0.4, -0.2) is 74.9 Å². The van der Waals surface area contributed by atoms with E-state index in [1.165, 1.54) is 96.3 Å². The molecule has 0 bridgehead atoms. The van der Waals surface area contributed by atoms with Crippen molar-refractivity contribution in [2.45, 2.75) is 200 Å². The van der Waals surface area contributed by atoms with Crippen molar-refractivity contribution in [1.82, 2.24) is 0 Å². The minimum Gasteiger partial charge on any atom is -0.462 e. The van der Waals surface area contributed by atoms with Gasteiger partial charge in [-0.05, 0) is 77.0 Å². The summed E-state index contributed by atoms with van der Waals surface area (Å²) in [6.45, 7) is 4.35. The van der Waals surface area contributed by atoms with Gasteiger partial charge in [-0.2, -0.15) is 0 Å². The highest BCUT2D eigenvalue weighted by Gasteiger charge is 2.27. The quantitative estimate of drug-likeness (QED) is 0.0213. The highest BCUT2D eigenvalue weighted by atomic mass is 31.2. The predicted molar refractivity (Wildman–Crippen MR) is 243 cm³/mol. The van der Waals surface area contributed by atoms with E-state index in [-0.39, 0.29) is 26.1 Å². The minimum atomic E-state index is -4.39. The van der Waals surface area contributed by atoms with Gasteiger partial charge in [0.1, 0.15) is 19.8 Å². The molecule has 0 radical (unpaired) electrons. The molecule has 10 heteroatoms. The van der Waals surface area contributed by atoms with Crippen LogP contribution in [0.25, 0.3) is 0 Å². The summed E-state index contributed by atoms with van der Waals surface area (Å²) < 4.78 is 34.3. The van der Waals surface area contributed by atoms with Gasteiger partial charge in [0, 0.05) is 12.8 Å². The van der Waals surface area contributed by atoms with Gasteiger partial charge in [-0.1, -0.05) is 152 Å². The van der Waals surface area contributed by atoms with Crippen molar-refractivity contribution in [3.8, 4) is 0 Å². The maximum Gasteiger partial charge on any atom is 0.472 e. The molecule has 0 aromatic carbocycles. The van der Waals surface area contributed by atoms with Crippen molar-refractivity contribution in [3.05, 3.63) is 48.6 Å². The fraction of sp³-hybridized carbons (Fsp3) is 0.792. The van der Waals surface area contributed by atoms with E-state index in [4.69, 9.17) is 18.5 Å². The number of ether oxygens (including phenoxy) is 2. The molecule has 0 aliphatic heterocycles. The molecule has 9 nitrogen and oxygen atoms in total. The smallest absolute Gasteiger partial charge is 0.462 e. The number of phosphoric acid groups is 1. The van der Waals surface area contributed by atoms with Crippen LogP contribution in [0.1, 0.15) is 194 Å². The Hall–Kier alpha value is -2.03. The molecule has 0 saturated carbocycles. The van der Waals surface area contributed by atoms with Crippen molar-refractivity contribution in [2.24, 2.45) is 0 Å². The van der Waals surface area contributed by atoms with E-state index in [1.54, 1.807) is 0 Å². The van der Waals surface area contributed by atoms with Crippen LogP contribution in [-0.2, 0) is 32.7 Å². The summed E-state index contributed by atoms with van der Waals surface area (Å²) in [4.78, 5) is 35.4. The third-order valence-corrected chi connectivity index (χ3v) is 10.8. The summed E-state index contributed by atoms with van der Waals surface area (Å²) in [7, 11) is 1.45. The van der Waals surface area contributed by atoms with E-state index in [2.05, 4.69) is 62.5 Å². The SMILES string of the molecule is CCCCC/C=C\C/C=C\C/C=C\CCCCC(=O)OC[C@H](COP(=O)(O)OCC[N+](C)(C)C)OC(=O)CCCCCCCCC/C=C\CCCCCCCCCC. The van der Waals surface area contributed by atoms with E-state index < -0.39 is 32.5 Å². The van der Waals surface area contributed by atoms with Crippen molar-refractivity contribution in [2.75, 3.05) is 47.5 Å². The third kappa shape index (κ3) is 43.5. The maximum absolute atomic E-state index is 12.7. The summed E-state index contributed by atoms with van der Waals surface area (Å²) in [6, 6.07) is 0. The largest absolute Gasteiger partial charge is 0.472 e.